The lowest BCUT2D eigenvalue weighted by Crippen LogP contribution is -2.33. The molecule has 3 heterocycles. The van der Waals surface area contributed by atoms with Gasteiger partial charge < -0.3 is 14.8 Å². The van der Waals surface area contributed by atoms with Crippen molar-refractivity contribution in [2.75, 3.05) is 24.4 Å². The maximum atomic E-state index is 14.1. The number of methoxy groups -OCH3 is 2. The van der Waals surface area contributed by atoms with Crippen LogP contribution in [0.5, 0.6) is 11.5 Å². The van der Waals surface area contributed by atoms with Crippen molar-refractivity contribution in [2.45, 2.75) is 29.7 Å². The Hall–Kier alpha value is -4.95. The number of fused-ring (bicyclic) bond motifs is 2. The highest BCUT2D eigenvalue weighted by atomic mass is 32.2. The Morgan fingerprint density at radius 1 is 0.956 bits per heavy atom. The Morgan fingerprint density at radius 2 is 1.64 bits per heavy atom. The van der Waals surface area contributed by atoms with Gasteiger partial charge in [-0.3, -0.25) is 33.9 Å². The molecule has 230 valence electrons. The van der Waals surface area contributed by atoms with Gasteiger partial charge in [-0.05, 0) is 48.9 Å². The summed E-state index contributed by atoms with van der Waals surface area (Å²) >= 11 is 2.00. The summed E-state index contributed by atoms with van der Waals surface area (Å²) < 4.78 is 12.2. The second-order valence-corrected chi connectivity index (χ2v) is 12.6. The van der Waals surface area contributed by atoms with Crippen LogP contribution in [0, 0.1) is 23.0 Å². The zero-order valence-corrected chi connectivity index (χ0v) is 25.8. The molecule has 0 bridgehead atoms. The van der Waals surface area contributed by atoms with Crippen LogP contribution < -0.4 is 24.6 Å². The first-order valence-corrected chi connectivity index (χ1v) is 15.4. The first-order valence-electron chi connectivity index (χ1n) is 13.7. The van der Waals surface area contributed by atoms with Gasteiger partial charge in [-0.15, -0.1) is 0 Å². The molecule has 0 radical (unpaired) electrons. The predicted molar refractivity (Wildman–Crippen MR) is 169 cm³/mol. The van der Waals surface area contributed by atoms with Crippen LogP contribution in [0.25, 0.3) is 0 Å². The van der Waals surface area contributed by atoms with Crippen molar-refractivity contribution in [2.24, 2.45) is 5.92 Å². The van der Waals surface area contributed by atoms with Crippen molar-refractivity contribution in [1.82, 2.24) is 4.57 Å². The van der Waals surface area contributed by atoms with E-state index >= 15 is 0 Å². The minimum Gasteiger partial charge on any atom is -0.493 e. The Bertz CT molecular complexity index is 1900. The Morgan fingerprint density at radius 3 is 2.29 bits per heavy atom. The predicted octanol–water partition coefficient (Wildman–Crippen LogP) is 4.58. The maximum absolute atomic E-state index is 14.1. The van der Waals surface area contributed by atoms with E-state index in [0.29, 0.717) is 32.7 Å². The summed E-state index contributed by atoms with van der Waals surface area (Å²) in [5.74, 6) is -2.22. The van der Waals surface area contributed by atoms with Gasteiger partial charge in [0.15, 0.2) is 11.5 Å². The molecule has 12 nitrogen and oxygen atoms in total. The normalized spacial score (nSPS) is 18.7. The second kappa shape index (κ2) is 11.9. The smallest absolute Gasteiger partial charge is 0.308 e. The third-order valence-electron chi connectivity index (χ3n) is 7.77. The van der Waals surface area contributed by atoms with E-state index in [1.165, 1.54) is 43.1 Å². The van der Waals surface area contributed by atoms with Gasteiger partial charge in [0.2, 0.25) is 17.7 Å². The highest BCUT2D eigenvalue weighted by Crippen LogP contribution is 2.54. The number of anilines is 2. The van der Waals surface area contributed by atoms with Gasteiger partial charge in [-0.2, -0.15) is 0 Å². The van der Waals surface area contributed by atoms with Crippen molar-refractivity contribution in [1.29, 1.82) is 0 Å². The number of rotatable bonds is 8. The molecule has 3 atom stereocenters. The largest absolute Gasteiger partial charge is 0.493 e. The SMILES string of the molecule is COc1ccc([C@H]2c3sc(=O)n(CC(=O)Nc4ccc(C)cc4)c3SC3C(=O)N(c4ccc([N+](=O)[O-])cc4)C(=O)C32)cc1OC. The number of aryl methyl sites for hydroxylation is 1. The van der Waals surface area contributed by atoms with E-state index in [4.69, 9.17) is 9.47 Å². The lowest BCUT2D eigenvalue weighted by atomic mass is 9.83. The van der Waals surface area contributed by atoms with Crippen molar-refractivity contribution < 1.29 is 28.8 Å². The van der Waals surface area contributed by atoms with E-state index in [1.807, 2.05) is 19.1 Å². The lowest BCUT2D eigenvalue weighted by Gasteiger charge is -2.31. The average Bonchev–Trinajstić information content (AvgIpc) is 3.47. The molecule has 45 heavy (non-hydrogen) atoms. The minimum atomic E-state index is -0.932. The number of thioether (sulfide) groups is 1. The van der Waals surface area contributed by atoms with Crippen LogP contribution in [-0.2, 0) is 20.9 Å². The molecule has 0 spiro atoms. The van der Waals surface area contributed by atoms with Gasteiger partial charge in [-0.1, -0.05) is 46.9 Å². The molecule has 4 aromatic rings. The number of thiazole rings is 1. The summed E-state index contributed by atoms with van der Waals surface area (Å²) in [6, 6.07) is 17.6. The van der Waals surface area contributed by atoms with Gasteiger partial charge >= 0.3 is 4.87 Å². The monoisotopic (exact) mass is 646 g/mol. The van der Waals surface area contributed by atoms with Gasteiger partial charge in [0.05, 0.1) is 35.8 Å². The quantitative estimate of drug-likeness (QED) is 0.165. The fourth-order valence-corrected chi connectivity index (χ4v) is 8.39. The summed E-state index contributed by atoms with van der Waals surface area (Å²) in [5.41, 5.74) is 2.25. The van der Waals surface area contributed by atoms with Crippen LogP contribution >= 0.6 is 23.1 Å². The van der Waals surface area contributed by atoms with E-state index in [2.05, 4.69) is 5.32 Å². The van der Waals surface area contributed by atoms with E-state index < -0.39 is 44.6 Å². The van der Waals surface area contributed by atoms with E-state index in [0.717, 1.165) is 33.6 Å². The second-order valence-electron chi connectivity index (χ2n) is 10.5. The van der Waals surface area contributed by atoms with Crippen LogP contribution in [-0.4, -0.2) is 46.7 Å². The number of hydrogen-bond donors (Lipinski definition) is 1. The number of non-ortho nitro benzene ring substituents is 1. The molecule has 2 aliphatic rings. The summed E-state index contributed by atoms with van der Waals surface area (Å²) in [7, 11) is 2.98. The maximum Gasteiger partial charge on any atom is 0.308 e. The van der Waals surface area contributed by atoms with Gasteiger partial charge in [0, 0.05) is 28.6 Å². The fourth-order valence-electron chi connectivity index (χ4n) is 5.62. The first kappa shape index (κ1) is 30.1. The molecular weight excluding hydrogens is 620 g/mol. The van der Waals surface area contributed by atoms with Crippen LogP contribution in [0.4, 0.5) is 17.1 Å². The molecule has 14 heteroatoms. The molecule has 1 N–H and O–H groups in total. The third kappa shape index (κ3) is 5.36. The number of hydrogen-bond acceptors (Lipinski definition) is 10. The fraction of sp³-hybridized carbons (Fsp3) is 0.226. The minimum absolute atomic E-state index is 0.178. The number of carbonyl (C=O) groups excluding carboxylic acids is 3. The molecule has 0 aliphatic carbocycles. The number of nitro benzene ring substituents is 1. The molecule has 1 saturated heterocycles. The molecular formula is C31H26N4O8S2. The Labute approximate surface area is 264 Å². The van der Waals surface area contributed by atoms with E-state index in [9.17, 15) is 29.3 Å². The van der Waals surface area contributed by atoms with Crippen LogP contribution in [0.15, 0.2) is 76.6 Å². The number of nitro groups is 1. The van der Waals surface area contributed by atoms with Crippen molar-refractivity contribution in [3.63, 3.8) is 0 Å². The first-order chi connectivity index (χ1) is 21.6. The highest BCUT2D eigenvalue weighted by Gasteiger charge is 2.57. The number of nitrogens with zero attached hydrogens (tertiary/aromatic N) is 3. The Kier molecular flexibility index (Phi) is 7.93. The summed E-state index contributed by atoms with van der Waals surface area (Å²) in [5, 5.41) is 13.5. The zero-order valence-electron chi connectivity index (χ0n) is 24.2. The molecule has 2 aliphatic heterocycles. The summed E-state index contributed by atoms with van der Waals surface area (Å²) in [6.07, 6.45) is 0. The molecule has 3 amide bonds. The number of ether oxygens (including phenoxy) is 2. The number of amides is 3. The van der Waals surface area contributed by atoms with Gasteiger partial charge in [0.25, 0.3) is 5.69 Å². The van der Waals surface area contributed by atoms with Gasteiger partial charge in [0.1, 0.15) is 11.8 Å². The van der Waals surface area contributed by atoms with Crippen molar-refractivity contribution in [3.8, 4) is 11.5 Å². The summed E-state index contributed by atoms with van der Waals surface area (Å²) in [4.78, 5) is 66.3. The van der Waals surface area contributed by atoms with Crippen molar-refractivity contribution in [3.05, 3.63) is 103 Å². The van der Waals surface area contributed by atoms with Crippen LogP contribution in [0.3, 0.4) is 0 Å². The molecule has 1 fully saturated rings. The molecule has 2 unspecified atom stereocenters. The number of imide groups is 1. The van der Waals surface area contributed by atoms with E-state index in [-0.39, 0.29) is 17.9 Å². The number of carbonyl (C=O) groups is 3. The number of aromatic nitrogens is 1. The summed E-state index contributed by atoms with van der Waals surface area (Å²) in [6.45, 7) is 1.63. The van der Waals surface area contributed by atoms with Crippen molar-refractivity contribution >= 4 is 57.9 Å². The van der Waals surface area contributed by atoms with E-state index in [1.54, 1.807) is 30.3 Å². The molecule has 1 aromatic heterocycles. The Balaban J connectivity index is 1.43. The molecule has 3 aromatic carbocycles. The lowest BCUT2D eigenvalue weighted by molar-refractivity contribution is -0.384. The average molecular weight is 647 g/mol. The van der Waals surface area contributed by atoms with Gasteiger partial charge in [-0.25, -0.2) is 4.90 Å². The third-order valence-corrected chi connectivity index (χ3v) is 10.4. The van der Waals surface area contributed by atoms with Crippen LogP contribution in [0.2, 0.25) is 0 Å². The number of benzene rings is 3. The topological polar surface area (TPSA) is 150 Å². The standard InChI is InChI=1S/C31H26N4O8S2/c1-16-4-7-18(8-5-16)32-23(36)15-33-30-27(45-31(33)39)24(17-6-13-21(42-2)22(14-17)43-3)25-26(44-30)29(38)34(28(25)37)19-9-11-20(12-10-19)35(40)41/h4-14,24-26H,15H2,1-3H3,(H,32,36)/t24-,25?,26?/m1/s1. The number of nitrogens with one attached hydrogen (secondary N) is 1. The molecule has 0 saturated carbocycles. The van der Waals surface area contributed by atoms with Crippen LogP contribution in [0.1, 0.15) is 21.9 Å². The highest BCUT2D eigenvalue weighted by molar-refractivity contribution is 8.00. The molecule has 6 rings (SSSR count). The zero-order chi connectivity index (χ0) is 32.0.